The summed E-state index contributed by atoms with van der Waals surface area (Å²) in [6.45, 7) is 10.3. The Morgan fingerprint density at radius 2 is 1.78 bits per heavy atom. The van der Waals surface area contributed by atoms with E-state index >= 15 is 0 Å². The van der Waals surface area contributed by atoms with E-state index in [2.05, 4.69) is 110 Å². The maximum absolute atomic E-state index is 5.60. The van der Waals surface area contributed by atoms with E-state index in [9.17, 15) is 0 Å². The highest BCUT2D eigenvalue weighted by molar-refractivity contribution is 14.1. The van der Waals surface area contributed by atoms with Crippen LogP contribution in [-0.2, 0) is 9.16 Å². The lowest BCUT2D eigenvalue weighted by molar-refractivity contribution is 0.122. The van der Waals surface area contributed by atoms with Gasteiger partial charge in [-0.3, -0.25) is 0 Å². The third kappa shape index (κ3) is 6.13. The van der Waals surface area contributed by atoms with Gasteiger partial charge in [0.15, 0.2) is 0 Å². The van der Waals surface area contributed by atoms with Crippen LogP contribution >= 0.6 is 45.2 Å². The lowest BCUT2D eigenvalue weighted by atomic mass is 10.0. The van der Waals surface area contributed by atoms with Gasteiger partial charge in [-0.15, -0.1) is 0 Å². The molecule has 196 valence electrons. The summed E-state index contributed by atoms with van der Waals surface area (Å²) in [5, 5.41) is 0. The molecule has 0 radical (unpaired) electrons. The van der Waals surface area contributed by atoms with Crippen molar-refractivity contribution < 1.29 is 4.74 Å². The molecule has 9 heteroatoms. The smallest absolute Gasteiger partial charge is 0.228 e. The second-order valence-electron chi connectivity index (χ2n) is 9.80. The van der Waals surface area contributed by atoms with E-state index < -0.39 is 0 Å². The van der Waals surface area contributed by atoms with E-state index in [1.807, 2.05) is 12.3 Å². The minimum atomic E-state index is 0.296. The van der Waals surface area contributed by atoms with Crippen LogP contribution in [0.2, 0.25) is 0 Å². The Morgan fingerprint density at radius 3 is 2.49 bits per heavy atom. The number of hydrogen-bond donors (Lipinski definition) is 0. The van der Waals surface area contributed by atoms with Gasteiger partial charge in [0.25, 0.3) is 0 Å². The van der Waals surface area contributed by atoms with Crippen molar-refractivity contribution >= 4 is 62.8 Å². The number of morpholine rings is 1. The SMILES string of the molecule is CC(CI)c1ccc(-c2cc(N3CCN(c4ncccc4CI)C[C@H]3C)nc(N3CCOCC3)n2)cc1. The highest BCUT2D eigenvalue weighted by atomic mass is 127. The number of ether oxygens (including phenoxy) is 1. The quantitative estimate of drug-likeness (QED) is 0.234. The molecule has 0 N–H and O–H groups in total. The Balaban J connectivity index is 1.44. The number of piperazine rings is 1. The zero-order chi connectivity index (χ0) is 25.8. The largest absolute Gasteiger partial charge is 0.378 e. The van der Waals surface area contributed by atoms with Crippen LogP contribution in [0.25, 0.3) is 11.3 Å². The number of hydrogen-bond acceptors (Lipinski definition) is 7. The number of anilines is 3. The van der Waals surface area contributed by atoms with Gasteiger partial charge in [0, 0.05) is 71.0 Å². The predicted octanol–water partition coefficient (Wildman–Crippen LogP) is 5.56. The molecule has 0 spiro atoms. The average Bonchev–Trinajstić information content (AvgIpc) is 2.97. The van der Waals surface area contributed by atoms with Gasteiger partial charge in [-0.2, -0.15) is 4.98 Å². The molecule has 4 heterocycles. The average molecular weight is 724 g/mol. The molecule has 2 fully saturated rings. The van der Waals surface area contributed by atoms with Crippen LogP contribution in [0.3, 0.4) is 0 Å². The van der Waals surface area contributed by atoms with E-state index in [0.717, 1.165) is 70.4 Å². The fraction of sp³-hybridized carbons (Fsp3) is 0.464. The van der Waals surface area contributed by atoms with Gasteiger partial charge in [-0.25, -0.2) is 9.97 Å². The second kappa shape index (κ2) is 12.4. The molecule has 2 aliphatic rings. The molecule has 2 aliphatic heterocycles. The predicted molar refractivity (Wildman–Crippen MR) is 169 cm³/mol. The van der Waals surface area contributed by atoms with Gasteiger partial charge in [0.1, 0.15) is 11.6 Å². The van der Waals surface area contributed by atoms with Crippen molar-refractivity contribution in [1.29, 1.82) is 0 Å². The Hall–Kier alpha value is -1.73. The molecular weight excluding hydrogens is 690 g/mol. The summed E-state index contributed by atoms with van der Waals surface area (Å²) >= 11 is 4.88. The topological polar surface area (TPSA) is 57.6 Å². The fourth-order valence-electron chi connectivity index (χ4n) is 5.00. The molecule has 1 unspecified atom stereocenters. The van der Waals surface area contributed by atoms with Crippen LogP contribution in [0.15, 0.2) is 48.7 Å². The van der Waals surface area contributed by atoms with Crippen LogP contribution in [0.5, 0.6) is 0 Å². The molecule has 0 amide bonds. The Kier molecular flexibility index (Phi) is 9.01. The van der Waals surface area contributed by atoms with E-state index in [1.54, 1.807) is 0 Å². The second-order valence-corrected chi connectivity index (χ2v) is 11.4. The molecule has 37 heavy (non-hydrogen) atoms. The van der Waals surface area contributed by atoms with Crippen molar-refractivity contribution in [2.24, 2.45) is 0 Å². The molecule has 0 aliphatic carbocycles. The summed E-state index contributed by atoms with van der Waals surface area (Å²) in [5.41, 5.74) is 4.77. The molecule has 0 bridgehead atoms. The number of pyridine rings is 1. The number of nitrogens with zero attached hydrogens (tertiary/aromatic N) is 6. The first-order valence-electron chi connectivity index (χ1n) is 13.0. The molecule has 5 rings (SSSR count). The monoisotopic (exact) mass is 724 g/mol. The van der Waals surface area contributed by atoms with E-state index in [0.29, 0.717) is 25.2 Å². The third-order valence-corrected chi connectivity index (χ3v) is 9.38. The summed E-state index contributed by atoms with van der Waals surface area (Å²) in [4.78, 5) is 22.0. The van der Waals surface area contributed by atoms with Gasteiger partial charge in [-0.1, -0.05) is 82.4 Å². The number of halogens is 2. The maximum Gasteiger partial charge on any atom is 0.228 e. The van der Waals surface area contributed by atoms with Gasteiger partial charge >= 0.3 is 0 Å². The zero-order valence-corrected chi connectivity index (χ0v) is 25.8. The van der Waals surface area contributed by atoms with E-state index in [-0.39, 0.29) is 0 Å². The lowest BCUT2D eigenvalue weighted by Gasteiger charge is -2.42. The lowest BCUT2D eigenvalue weighted by Crippen LogP contribution is -2.53. The Morgan fingerprint density at radius 1 is 1.00 bits per heavy atom. The maximum atomic E-state index is 5.60. The molecule has 2 atom stereocenters. The van der Waals surface area contributed by atoms with Crippen molar-refractivity contribution in [2.45, 2.75) is 30.2 Å². The molecule has 2 aromatic heterocycles. The first kappa shape index (κ1) is 26.9. The summed E-state index contributed by atoms with van der Waals surface area (Å²) in [6, 6.07) is 15.6. The van der Waals surface area contributed by atoms with Crippen molar-refractivity contribution in [3.05, 3.63) is 59.8 Å². The first-order valence-corrected chi connectivity index (χ1v) is 16.0. The standard InChI is InChI=1S/C28H34I2N6O/c1-20(17-29)22-5-7-23(8-6-22)25-16-26(33-28(32-25)34-12-14-37-15-13-34)36-11-10-35(19-21(36)2)27-24(18-30)4-3-9-31-27/h3-9,16,20-21H,10-15,17-19H2,1-2H3/t20?,21-/m1/s1. The fourth-order valence-corrected chi connectivity index (χ4v) is 6.11. The normalized spacial score (nSPS) is 19.2. The summed E-state index contributed by atoms with van der Waals surface area (Å²) < 4.78 is 7.67. The Labute approximate surface area is 247 Å². The van der Waals surface area contributed by atoms with Gasteiger partial charge in [-0.05, 0) is 24.5 Å². The minimum Gasteiger partial charge on any atom is -0.378 e. The Bertz CT molecular complexity index is 1190. The van der Waals surface area contributed by atoms with E-state index in [4.69, 9.17) is 19.7 Å². The summed E-state index contributed by atoms with van der Waals surface area (Å²) in [6.07, 6.45) is 1.90. The minimum absolute atomic E-state index is 0.296. The molecule has 2 saturated heterocycles. The summed E-state index contributed by atoms with van der Waals surface area (Å²) in [7, 11) is 0. The van der Waals surface area contributed by atoms with Crippen molar-refractivity contribution in [2.75, 3.05) is 65.1 Å². The molecule has 3 aromatic rings. The number of aromatic nitrogens is 3. The molecule has 1 aromatic carbocycles. The van der Waals surface area contributed by atoms with Crippen molar-refractivity contribution in [3.63, 3.8) is 0 Å². The molecule has 7 nitrogen and oxygen atoms in total. The molecule has 0 saturated carbocycles. The van der Waals surface area contributed by atoms with Gasteiger partial charge in [0.05, 0.1) is 18.9 Å². The zero-order valence-electron chi connectivity index (χ0n) is 21.5. The number of alkyl halides is 2. The van der Waals surface area contributed by atoms with Crippen LogP contribution < -0.4 is 14.7 Å². The number of rotatable bonds is 7. The van der Waals surface area contributed by atoms with Crippen molar-refractivity contribution in [3.8, 4) is 11.3 Å². The highest BCUT2D eigenvalue weighted by Crippen LogP contribution is 2.30. The van der Waals surface area contributed by atoms with Crippen molar-refractivity contribution in [1.82, 2.24) is 15.0 Å². The van der Waals surface area contributed by atoms with Crippen LogP contribution in [0.4, 0.5) is 17.6 Å². The van der Waals surface area contributed by atoms with Crippen LogP contribution in [0, 0.1) is 0 Å². The van der Waals surface area contributed by atoms with Gasteiger partial charge < -0.3 is 19.4 Å². The van der Waals surface area contributed by atoms with Gasteiger partial charge in [0.2, 0.25) is 5.95 Å². The highest BCUT2D eigenvalue weighted by Gasteiger charge is 2.28. The van der Waals surface area contributed by atoms with Crippen LogP contribution in [0.1, 0.15) is 30.9 Å². The molecular formula is C28H34I2N6O. The number of benzene rings is 1. The van der Waals surface area contributed by atoms with Crippen LogP contribution in [-0.4, -0.2) is 71.4 Å². The third-order valence-electron chi connectivity index (χ3n) is 7.23. The first-order chi connectivity index (χ1) is 18.1. The summed E-state index contributed by atoms with van der Waals surface area (Å²) in [5.74, 6) is 3.45. The van der Waals surface area contributed by atoms with E-state index in [1.165, 1.54) is 11.1 Å².